The van der Waals surface area contributed by atoms with Crippen LogP contribution in [0.3, 0.4) is 0 Å². The van der Waals surface area contributed by atoms with Gasteiger partial charge in [0.25, 0.3) is 0 Å². The summed E-state index contributed by atoms with van der Waals surface area (Å²) in [5, 5.41) is 8.56. The second-order valence-electron chi connectivity index (χ2n) is 4.31. The van der Waals surface area contributed by atoms with E-state index in [0.717, 1.165) is 11.6 Å². The molecule has 0 aliphatic carbocycles. The Morgan fingerprint density at radius 1 is 1.15 bits per heavy atom. The lowest BCUT2D eigenvalue weighted by atomic mass is 10.2. The third-order valence-corrected chi connectivity index (χ3v) is 2.57. The minimum Gasteiger partial charge on any atom is -0.478 e. The first kappa shape index (κ1) is 13.8. The van der Waals surface area contributed by atoms with Gasteiger partial charge in [-0.15, -0.1) is 0 Å². The highest BCUT2D eigenvalue weighted by Crippen LogP contribution is 2.24. The van der Waals surface area contributed by atoms with Gasteiger partial charge in [0.15, 0.2) is 0 Å². The van der Waals surface area contributed by atoms with Gasteiger partial charge >= 0.3 is 5.97 Å². The normalized spacial score (nSPS) is 10.7. The van der Waals surface area contributed by atoms with E-state index in [2.05, 4.69) is 0 Å². The Hall–Kier alpha value is -2.62. The summed E-state index contributed by atoms with van der Waals surface area (Å²) >= 11 is 0. The van der Waals surface area contributed by atoms with E-state index >= 15 is 0 Å². The lowest BCUT2D eigenvalue weighted by Crippen LogP contribution is -1.89. The van der Waals surface area contributed by atoms with Crippen LogP contribution in [0.2, 0.25) is 0 Å². The van der Waals surface area contributed by atoms with Crippen molar-refractivity contribution in [2.24, 2.45) is 0 Å². The van der Waals surface area contributed by atoms with Crippen molar-refractivity contribution >= 4 is 12.0 Å². The zero-order chi connectivity index (χ0) is 14.5. The van der Waals surface area contributed by atoms with E-state index in [1.807, 2.05) is 19.1 Å². The van der Waals surface area contributed by atoms with Crippen LogP contribution in [0.1, 0.15) is 11.1 Å². The summed E-state index contributed by atoms with van der Waals surface area (Å²) in [6, 6.07) is 11.4. The predicted molar refractivity (Wildman–Crippen MR) is 74.3 cm³/mol. The van der Waals surface area contributed by atoms with Crippen LogP contribution in [0, 0.1) is 12.7 Å². The number of benzene rings is 2. The molecule has 0 saturated heterocycles. The number of carboxylic acid groups (broad SMARTS) is 1. The molecule has 0 unspecified atom stereocenters. The molecule has 0 aromatic heterocycles. The first-order valence-electron chi connectivity index (χ1n) is 5.99. The molecule has 0 bridgehead atoms. The number of aryl methyl sites for hydroxylation is 1. The van der Waals surface area contributed by atoms with Crippen LogP contribution < -0.4 is 4.74 Å². The van der Waals surface area contributed by atoms with Gasteiger partial charge in [-0.3, -0.25) is 0 Å². The van der Waals surface area contributed by atoms with E-state index in [9.17, 15) is 9.18 Å². The molecular weight excluding hydrogens is 259 g/mol. The van der Waals surface area contributed by atoms with Crippen LogP contribution in [0.15, 0.2) is 48.5 Å². The van der Waals surface area contributed by atoms with Gasteiger partial charge in [0, 0.05) is 12.1 Å². The molecule has 0 radical (unpaired) electrons. The van der Waals surface area contributed by atoms with Crippen molar-refractivity contribution < 1.29 is 19.0 Å². The largest absolute Gasteiger partial charge is 0.478 e. The van der Waals surface area contributed by atoms with E-state index in [1.54, 1.807) is 18.2 Å². The molecule has 3 nitrogen and oxygen atoms in total. The zero-order valence-electron chi connectivity index (χ0n) is 10.8. The molecule has 0 aliphatic heterocycles. The van der Waals surface area contributed by atoms with Gasteiger partial charge in [0.05, 0.1) is 0 Å². The number of aliphatic carboxylic acids is 1. The van der Waals surface area contributed by atoms with Crippen LogP contribution in [-0.4, -0.2) is 11.1 Å². The summed E-state index contributed by atoms with van der Waals surface area (Å²) in [4.78, 5) is 10.5. The Kier molecular flexibility index (Phi) is 4.15. The van der Waals surface area contributed by atoms with Crippen molar-refractivity contribution in [3.8, 4) is 11.5 Å². The highest BCUT2D eigenvalue weighted by atomic mass is 19.1. The van der Waals surface area contributed by atoms with Gasteiger partial charge in [-0.25, -0.2) is 9.18 Å². The Balaban J connectivity index is 2.23. The number of rotatable bonds is 4. The minimum absolute atomic E-state index is 0.318. The molecule has 0 atom stereocenters. The third kappa shape index (κ3) is 3.95. The number of halogens is 1. The standard InChI is InChI=1S/C16H13FO3/c1-11-2-5-14(6-3-11)20-15-9-12(4-7-16(18)19)8-13(17)10-15/h2-10H,1H3,(H,18,19)/b7-4+. The topological polar surface area (TPSA) is 46.5 Å². The Labute approximate surface area is 115 Å². The summed E-state index contributed by atoms with van der Waals surface area (Å²) in [7, 11) is 0. The molecule has 2 aromatic carbocycles. The van der Waals surface area contributed by atoms with Crippen molar-refractivity contribution in [1.82, 2.24) is 0 Å². The van der Waals surface area contributed by atoms with E-state index in [0.29, 0.717) is 17.1 Å². The Morgan fingerprint density at radius 3 is 2.50 bits per heavy atom. The molecule has 2 rings (SSSR count). The average Bonchev–Trinajstić information content (AvgIpc) is 2.38. The Bertz CT molecular complexity index is 645. The monoisotopic (exact) mass is 272 g/mol. The van der Waals surface area contributed by atoms with E-state index in [-0.39, 0.29) is 0 Å². The number of hydrogen-bond acceptors (Lipinski definition) is 2. The van der Waals surface area contributed by atoms with Crippen LogP contribution >= 0.6 is 0 Å². The molecule has 4 heteroatoms. The van der Waals surface area contributed by atoms with Crippen LogP contribution in [-0.2, 0) is 4.79 Å². The highest BCUT2D eigenvalue weighted by molar-refractivity contribution is 5.85. The maximum absolute atomic E-state index is 13.5. The molecule has 2 aromatic rings. The zero-order valence-corrected chi connectivity index (χ0v) is 10.8. The van der Waals surface area contributed by atoms with Gasteiger partial charge in [-0.2, -0.15) is 0 Å². The SMILES string of the molecule is Cc1ccc(Oc2cc(F)cc(/C=C/C(=O)O)c2)cc1. The first-order chi connectivity index (χ1) is 9.52. The van der Waals surface area contributed by atoms with Crippen LogP contribution in [0.5, 0.6) is 11.5 Å². The molecule has 0 spiro atoms. The molecule has 0 fully saturated rings. The van der Waals surface area contributed by atoms with Crippen molar-refractivity contribution in [2.75, 3.05) is 0 Å². The molecule has 0 amide bonds. The summed E-state index contributed by atoms with van der Waals surface area (Å²) in [6.07, 6.45) is 2.26. The summed E-state index contributed by atoms with van der Waals surface area (Å²) < 4.78 is 19.0. The molecule has 102 valence electrons. The maximum atomic E-state index is 13.5. The smallest absolute Gasteiger partial charge is 0.328 e. The molecule has 20 heavy (non-hydrogen) atoms. The second-order valence-corrected chi connectivity index (χ2v) is 4.31. The van der Waals surface area contributed by atoms with Crippen LogP contribution in [0.25, 0.3) is 6.08 Å². The molecule has 0 saturated carbocycles. The quantitative estimate of drug-likeness (QED) is 0.855. The fourth-order valence-corrected chi connectivity index (χ4v) is 1.65. The highest BCUT2D eigenvalue weighted by Gasteiger charge is 2.02. The van der Waals surface area contributed by atoms with E-state index in [1.165, 1.54) is 18.2 Å². The summed E-state index contributed by atoms with van der Waals surface area (Å²) in [5.41, 5.74) is 1.52. The van der Waals surface area contributed by atoms with Crippen LogP contribution in [0.4, 0.5) is 4.39 Å². The van der Waals surface area contributed by atoms with Crippen molar-refractivity contribution in [1.29, 1.82) is 0 Å². The predicted octanol–water partition coefficient (Wildman–Crippen LogP) is 4.02. The van der Waals surface area contributed by atoms with Crippen molar-refractivity contribution in [2.45, 2.75) is 6.92 Å². The average molecular weight is 272 g/mol. The van der Waals surface area contributed by atoms with E-state index < -0.39 is 11.8 Å². The Morgan fingerprint density at radius 2 is 1.85 bits per heavy atom. The molecule has 0 heterocycles. The van der Waals surface area contributed by atoms with Gasteiger partial charge in [0.2, 0.25) is 0 Å². The second kappa shape index (κ2) is 6.02. The first-order valence-corrected chi connectivity index (χ1v) is 5.99. The summed E-state index contributed by atoms with van der Waals surface area (Å²) in [6.45, 7) is 1.96. The fourth-order valence-electron chi connectivity index (χ4n) is 1.65. The third-order valence-electron chi connectivity index (χ3n) is 2.57. The van der Waals surface area contributed by atoms with Gasteiger partial charge < -0.3 is 9.84 Å². The maximum Gasteiger partial charge on any atom is 0.328 e. The van der Waals surface area contributed by atoms with Gasteiger partial charge in [-0.05, 0) is 42.8 Å². The minimum atomic E-state index is -1.09. The lowest BCUT2D eigenvalue weighted by molar-refractivity contribution is -0.131. The number of ether oxygens (including phenoxy) is 1. The number of hydrogen-bond donors (Lipinski definition) is 1. The molecular formula is C16H13FO3. The van der Waals surface area contributed by atoms with Crippen molar-refractivity contribution in [3.05, 3.63) is 65.5 Å². The summed E-state index contributed by atoms with van der Waals surface area (Å²) in [5.74, 6) is -0.664. The molecule has 0 aliphatic rings. The number of carbonyl (C=O) groups is 1. The molecule has 1 N–H and O–H groups in total. The van der Waals surface area contributed by atoms with Gasteiger partial charge in [-0.1, -0.05) is 17.7 Å². The lowest BCUT2D eigenvalue weighted by Gasteiger charge is -2.07. The van der Waals surface area contributed by atoms with Gasteiger partial charge in [0.1, 0.15) is 17.3 Å². The van der Waals surface area contributed by atoms with Crippen molar-refractivity contribution in [3.63, 3.8) is 0 Å². The van der Waals surface area contributed by atoms with E-state index in [4.69, 9.17) is 9.84 Å². The fraction of sp³-hybridized carbons (Fsp3) is 0.0625. The number of carboxylic acids is 1.